The molecule has 0 aromatic heterocycles. The Bertz CT molecular complexity index is 4630. The van der Waals surface area contributed by atoms with Crippen LogP contribution in [0.2, 0.25) is 0 Å². The SMILES string of the molecule is COc1cc(OS(=O)(=O)C(F)(F)F)c2ccccc2c1.[2H]c1c([2H])c([2H])c(-c2c3ccccc3c(-c3cc(OC)cc4ccccc34)c3ccccc23)c([2H])c1[2H].[2H]c1c([2H])c([2H])c(-c2c3ccccc3c(B(O)O)c3ccccc23)c([2H])c1[2H]. The van der Waals surface area contributed by atoms with Crippen LogP contribution in [0, 0.1) is 0 Å². The summed E-state index contributed by atoms with van der Waals surface area (Å²) < 4.78 is 157. The Labute approximate surface area is 445 Å². The van der Waals surface area contributed by atoms with Gasteiger partial charge in [0.1, 0.15) is 11.5 Å². The van der Waals surface area contributed by atoms with Gasteiger partial charge in [-0.2, -0.15) is 21.6 Å². The molecule has 0 spiro atoms. The molecule has 12 heteroatoms. The summed E-state index contributed by atoms with van der Waals surface area (Å²) in [5.74, 6) is 0.505. The molecule has 0 atom stereocenters. The fraction of sp³-hybridized carbons (Fsp3) is 0.0476. The molecule has 0 amide bonds. The van der Waals surface area contributed by atoms with E-state index in [2.05, 4.69) is 16.3 Å². The fourth-order valence-corrected chi connectivity index (χ4v) is 9.83. The summed E-state index contributed by atoms with van der Waals surface area (Å²) in [6, 6.07) is 47.6. The number of fused-ring (bicyclic) bond motifs is 6. The zero-order valence-corrected chi connectivity index (χ0v) is 40.5. The van der Waals surface area contributed by atoms with Gasteiger partial charge < -0.3 is 23.7 Å². The first-order valence-corrected chi connectivity index (χ1v) is 24.4. The van der Waals surface area contributed by atoms with Crippen molar-refractivity contribution in [2.24, 2.45) is 0 Å². The van der Waals surface area contributed by atoms with Gasteiger partial charge in [-0.25, -0.2) is 0 Å². The molecule has 2 N–H and O–H groups in total. The maximum Gasteiger partial charge on any atom is 0.534 e. The molecule has 0 aliphatic carbocycles. The number of hydrogen-bond donors (Lipinski definition) is 2. The van der Waals surface area contributed by atoms with Crippen LogP contribution in [0.1, 0.15) is 13.7 Å². The summed E-state index contributed by atoms with van der Waals surface area (Å²) in [5, 5.41) is 28.7. The second-order valence-corrected chi connectivity index (χ2v) is 18.4. The van der Waals surface area contributed by atoms with Crippen LogP contribution in [0.25, 0.3) is 98.0 Å². The van der Waals surface area contributed by atoms with E-state index in [1.54, 1.807) is 79.9 Å². The third-order valence-electron chi connectivity index (χ3n) is 12.5. The summed E-state index contributed by atoms with van der Waals surface area (Å²) in [5.41, 5.74) is -1.73. The Hall–Kier alpha value is -8.68. The zero-order valence-electron chi connectivity index (χ0n) is 49.7. The maximum atomic E-state index is 12.4. The summed E-state index contributed by atoms with van der Waals surface area (Å²) in [6.45, 7) is 0. The number of hydrogen-bond acceptors (Lipinski definition) is 7. The van der Waals surface area contributed by atoms with Gasteiger partial charge in [0, 0.05) is 11.5 Å². The zero-order chi connectivity index (χ0) is 61.0. The average Bonchev–Trinajstić information content (AvgIpc) is 1.14. The van der Waals surface area contributed by atoms with Crippen molar-refractivity contribution >= 4 is 87.3 Å². The lowest BCUT2D eigenvalue weighted by Crippen LogP contribution is -2.31. The van der Waals surface area contributed by atoms with E-state index in [1.807, 2.05) is 72.8 Å². The molecule has 0 fully saturated rings. The van der Waals surface area contributed by atoms with Crippen LogP contribution in [-0.4, -0.2) is 45.3 Å². The van der Waals surface area contributed by atoms with E-state index in [4.69, 9.17) is 23.2 Å². The van der Waals surface area contributed by atoms with Gasteiger partial charge in [-0.3, -0.25) is 0 Å². The highest BCUT2D eigenvalue weighted by Crippen LogP contribution is 2.46. The van der Waals surface area contributed by atoms with E-state index in [1.165, 1.54) is 13.2 Å². The van der Waals surface area contributed by atoms with Crippen LogP contribution >= 0.6 is 0 Å². The van der Waals surface area contributed by atoms with Crippen molar-refractivity contribution in [3.63, 3.8) is 0 Å². The van der Waals surface area contributed by atoms with Crippen molar-refractivity contribution in [2.45, 2.75) is 5.51 Å². The molecular formula is C63H46BF3O7S. The van der Waals surface area contributed by atoms with E-state index in [9.17, 15) is 31.6 Å². The summed E-state index contributed by atoms with van der Waals surface area (Å²) in [7, 11) is -4.47. The lowest BCUT2D eigenvalue weighted by atomic mass is 9.72. The molecule has 75 heavy (non-hydrogen) atoms. The topological polar surface area (TPSA) is 102 Å². The molecule has 0 radical (unpaired) electrons. The number of ether oxygens (including phenoxy) is 2. The minimum absolute atomic E-state index is 0.0948. The Kier molecular flexibility index (Phi) is 10.9. The number of halogens is 3. The molecule has 12 aromatic rings. The van der Waals surface area contributed by atoms with Gasteiger partial charge >= 0.3 is 22.7 Å². The third-order valence-corrected chi connectivity index (χ3v) is 13.5. The molecular weight excluding hydrogens is 969 g/mol. The molecule has 0 heterocycles. The van der Waals surface area contributed by atoms with Crippen LogP contribution in [-0.2, 0) is 10.1 Å². The second kappa shape index (κ2) is 21.0. The highest BCUT2D eigenvalue weighted by Gasteiger charge is 2.48. The smallest absolute Gasteiger partial charge is 0.497 e. The van der Waals surface area contributed by atoms with Crippen molar-refractivity contribution in [1.82, 2.24) is 0 Å². The largest absolute Gasteiger partial charge is 0.534 e. The second-order valence-electron chi connectivity index (χ2n) is 16.8. The maximum absolute atomic E-state index is 12.4. The quantitative estimate of drug-likeness (QED) is 0.0676. The Balaban J connectivity index is 0.000000149. The van der Waals surface area contributed by atoms with Crippen LogP contribution in [0.15, 0.2) is 230 Å². The molecule has 0 bridgehead atoms. The van der Waals surface area contributed by atoms with E-state index < -0.39 is 52.7 Å². The van der Waals surface area contributed by atoms with Crippen LogP contribution in [0.5, 0.6) is 17.2 Å². The molecule has 0 unspecified atom stereocenters. The van der Waals surface area contributed by atoms with Gasteiger partial charge in [-0.15, -0.1) is 0 Å². The fourth-order valence-electron chi connectivity index (χ4n) is 9.36. The molecule has 12 rings (SSSR count). The lowest BCUT2D eigenvalue weighted by molar-refractivity contribution is -0.0499. The van der Waals surface area contributed by atoms with Crippen molar-refractivity contribution < 1.29 is 59.0 Å². The van der Waals surface area contributed by atoms with E-state index in [0.29, 0.717) is 43.5 Å². The molecule has 0 aliphatic heterocycles. The van der Waals surface area contributed by atoms with Crippen LogP contribution in [0.4, 0.5) is 13.2 Å². The number of methoxy groups -OCH3 is 2. The highest BCUT2D eigenvalue weighted by atomic mass is 32.2. The van der Waals surface area contributed by atoms with E-state index in [0.717, 1.165) is 55.3 Å². The van der Waals surface area contributed by atoms with Gasteiger partial charge in [0.2, 0.25) is 0 Å². The van der Waals surface area contributed by atoms with Crippen molar-refractivity contribution in [3.8, 4) is 50.6 Å². The molecule has 0 saturated carbocycles. The predicted octanol–water partition coefficient (Wildman–Crippen LogP) is 14.9. The average molecular weight is 1020 g/mol. The normalized spacial score (nSPS) is 13.4. The number of alkyl halides is 3. The molecule has 12 aromatic carbocycles. The minimum Gasteiger partial charge on any atom is -0.497 e. The molecule has 370 valence electrons. The van der Waals surface area contributed by atoms with Gasteiger partial charge in [-0.1, -0.05) is 206 Å². The van der Waals surface area contributed by atoms with E-state index >= 15 is 0 Å². The van der Waals surface area contributed by atoms with Crippen molar-refractivity contribution in [3.05, 3.63) is 230 Å². The Morgan fingerprint density at radius 2 is 0.800 bits per heavy atom. The van der Waals surface area contributed by atoms with Gasteiger partial charge in [0.15, 0.2) is 5.75 Å². The van der Waals surface area contributed by atoms with Crippen molar-refractivity contribution in [2.75, 3.05) is 14.2 Å². The number of rotatable bonds is 8. The standard InChI is InChI=1S/C31H22O.C20H15BO2.C12H9F3O4S/c1-32-23-19-22-13-5-6-14-24(22)29(20-23)31-27-17-9-7-15-25(27)30(21-11-3-2-4-12-21)26-16-8-10-18-28(26)31;22-21(23)20-17-12-6-4-10-15(17)19(14-8-2-1-3-9-14)16-11-5-7-13-18(16)20;1-18-9-6-8-4-2-3-5-10(8)11(7-9)19-20(16,17)12(13,14)15/h2-20H,1H3;1-13,22-23H;2-7H,1H3/i2D,3D,4D,11D,12D;1D,2D,3D,8D,9D;. The third kappa shape index (κ3) is 9.82. The summed E-state index contributed by atoms with van der Waals surface area (Å²) >= 11 is 0. The van der Waals surface area contributed by atoms with Crippen LogP contribution in [0.3, 0.4) is 0 Å². The summed E-state index contributed by atoms with van der Waals surface area (Å²) in [4.78, 5) is 0. The van der Waals surface area contributed by atoms with Gasteiger partial charge in [-0.05, 0) is 116 Å². The first kappa shape index (κ1) is 38.9. The summed E-state index contributed by atoms with van der Waals surface area (Å²) in [6.07, 6.45) is 0. The molecule has 0 saturated heterocycles. The van der Waals surface area contributed by atoms with Gasteiger partial charge in [0.25, 0.3) is 0 Å². The van der Waals surface area contributed by atoms with Crippen LogP contribution < -0.4 is 19.1 Å². The first-order valence-electron chi connectivity index (χ1n) is 28.0. The van der Waals surface area contributed by atoms with Crippen molar-refractivity contribution in [1.29, 1.82) is 0 Å². The monoisotopic (exact) mass is 1020 g/mol. The lowest BCUT2D eigenvalue weighted by Gasteiger charge is -2.19. The molecule has 7 nitrogen and oxygen atoms in total. The van der Waals surface area contributed by atoms with Gasteiger partial charge in [0.05, 0.1) is 27.9 Å². The first-order chi connectivity index (χ1) is 40.5. The minimum atomic E-state index is -5.72. The Morgan fingerprint density at radius 1 is 0.453 bits per heavy atom. The highest BCUT2D eigenvalue weighted by molar-refractivity contribution is 7.88. The molecule has 0 aliphatic rings. The van der Waals surface area contributed by atoms with E-state index in [-0.39, 0.29) is 58.5 Å². The number of benzene rings is 12. The Morgan fingerprint density at radius 3 is 1.21 bits per heavy atom. The predicted molar refractivity (Wildman–Crippen MR) is 299 cm³/mol.